The molecule has 0 unspecified atom stereocenters. The highest BCUT2D eigenvalue weighted by atomic mass is 16.7. The van der Waals surface area contributed by atoms with E-state index in [1.54, 1.807) is 43.2 Å². The van der Waals surface area contributed by atoms with Crippen LogP contribution in [-0.2, 0) is 0 Å². The van der Waals surface area contributed by atoms with Crippen molar-refractivity contribution in [2.75, 3.05) is 26.3 Å². The standard InChI is InChI=1S/C25H21N3O5/c1-30-20-10-8-16(12-22(20)31-2)19-14-28(18-6-4-3-5-7-18)27-24(19)25(29)26-17-9-11-21-23(13-17)33-15-32-21/h3-14H,15H2,1-2H3,(H,26,29). The second-order valence-corrected chi connectivity index (χ2v) is 7.26. The number of para-hydroxylation sites is 1. The minimum atomic E-state index is -0.353. The monoisotopic (exact) mass is 443 g/mol. The molecule has 0 saturated carbocycles. The first kappa shape index (κ1) is 20.4. The average molecular weight is 443 g/mol. The van der Waals surface area contributed by atoms with E-state index in [0.717, 1.165) is 11.3 Å². The Kier molecular flexibility index (Phi) is 5.32. The molecule has 3 aromatic carbocycles. The van der Waals surface area contributed by atoms with Gasteiger partial charge in [0.05, 0.1) is 19.9 Å². The van der Waals surface area contributed by atoms with Gasteiger partial charge >= 0.3 is 0 Å². The van der Waals surface area contributed by atoms with Crippen molar-refractivity contribution in [1.29, 1.82) is 0 Å². The van der Waals surface area contributed by atoms with Gasteiger partial charge in [-0.25, -0.2) is 4.68 Å². The molecule has 33 heavy (non-hydrogen) atoms. The predicted molar refractivity (Wildman–Crippen MR) is 123 cm³/mol. The van der Waals surface area contributed by atoms with Crippen molar-refractivity contribution in [1.82, 2.24) is 9.78 Å². The van der Waals surface area contributed by atoms with Gasteiger partial charge in [0.15, 0.2) is 28.7 Å². The summed E-state index contributed by atoms with van der Waals surface area (Å²) in [5, 5.41) is 7.51. The largest absolute Gasteiger partial charge is 0.493 e. The molecule has 2 heterocycles. The number of benzene rings is 3. The lowest BCUT2D eigenvalue weighted by Gasteiger charge is -2.10. The highest BCUT2D eigenvalue weighted by Crippen LogP contribution is 2.36. The average Bonchev–Trinajstić information content (AvgIpc) is 3.51. The van der Waals surface area contributed by atoms with Crippen LogP contribution in [0.25, 0.3) is 16.8 Å². The molecule has 0 bridgehead atoms. The lowest BCUT2D eigenvalue weighted by molar-refractivity contribution is 0.102. The summed E-state index contributed by atoms with van der Waals surface area (Å²) in [5.41, 5.74) is 3.10. The van der Waals surface area contributed by atoms with Gasteiger partial charge in [-0.15, -0.1) is 0 Å². The summed E-state index contributed by atoms with van der Waals surface area (Å²) in [6.07, 6.45) is 1.82. The van der Waals surface area contributed by atoms with Crippen LogP contribution in [0.2, 0.25) is 0 Å². The molecule has 1 N–H and O–H groups in total. The molecule has 1 aromatic heterocycles. The quantitative estimate of drug-likeness (QED) is 0.471. The van der Waals surface area contributed by atoms with Crippen LogP contribution in [0.5, 0.6) is 23.0 Å². The van der Waals surface area contributed by atoms with Crippen LogP contribution in [0.3, 0.4) is 0 Å². The van der Waals surface area contributed by atoms with E-state index < -0.39 is 0 Å². The Bertz CT molecular complexity index is 1320. The third-order valence-corrected chi connectivity index (χ3v) is 5.28. The van der Waals surface area contributed by atoms with Crippen molar-refractivity contribution in [3.8, 4) is 39.8 Å². The third kappa shape index (κ3) is 3.94. The number of ether oxygens (including phenoxy) is 4. The molecule has 5 rings (SSSR count). The zero-order chi connectivity index (χ0) is 22.8. The number of amides is 1. The van der Waals surface area contributed by atoms with Gasteiger partial charge in [0.2, 0.25) is 6.79 Å². The van der Waals surface area contributed by atoms with Crippen LogP contribution in [0.15, 0.2) is 72.9 Å². The molecule has 4 aromatic rings. The molecule has 1 aliphatic heterocycles. The normalized spacial score (nSPS) is 11.8. The van der Waals surface area contributed by atoms with E-state index >= 15 is 0 Å². The van der Waals surface area contributed by atoms with Crippen molar-refractivity contribution in [3.63, 3.8) is 0 Å². The Morgan fingerprint density at radius 1 is 0.939 bits per heavy atom. The molecule has 166 valence electrons. The summed E-state index contributed by atoms with van der Waals surface area (Å²) < 4.78 is 23.2. The summed E-state index contributed by atoms with van der Waals surface area (Å²) in [7, 11) is 3.15. The van der Waals surface area contributed by atoms with E-state index in [0.29, 0.717) is 34.2 Å². The van der Waals surface area contributed by atoms with Crippen LogP contribution in [0.1, 0.15) is 10.5 Å². The number of rotatable bonds is 6. The number of anilines is 1. The van der Waals surface area contributed by atoms with Crippen LogP contribution in [0, 0.1) is 0 Å². The SMILES string of the molecule is COc1ccc(-c2cn(-c3ccccc3)nc2C(=O)Nc2ccc3c(c2)OCO3)cc1OC. The van der Waals surface area contributed by atoms with Crippen LogP contribution < -0.4 is 24.3 Å². The maximum absolute atomic E-state index is 13.3. The van der Waals surface area contributed by atoms with E-state index in [1.807, 2.05) is 48.7 Å². The molecule has 0 spiro atoms. The molecule has 1 aliphatic rings. The summed E-state index contributed by atoms with van der Waals surface area (Å²) in [5.74, 6) is 2.04. The van der Waals surface area contributed by atoms with Gasteiger partial charge in [-0.1, -0.05) is 24.3 Å². The molecule has 0 atom stereocenters. The lowest BCUT2D eigenvalue weighted by atomic mass is 10.1. The first-order valence-corrected chi connectivity index (χ1v) is 10.2. The first-order chi connectivity index (χ1) is 16.2. The smallest absolute Gasteiger partial charge is 0.276 e. The summed E-state index contributed by atoms with van der Waals surface area (Å²) in [6, 6.07) is 20.3. The Morgan fingerprint density at radius 3 is 2.52 bits per heavy atom. The van der Waals surface area contributed by atoms with Gasteiger partial charge < -0.3 is 24.3 Å². The Labute approximate surface area is 190 Å². The molecular weight excluding hydrogens is 422 g/mol. The van der Waals surface area contributed by atoms with Crippen molar-refractivity contribution < 1.29 is 23.7 Å². The minimum Gasteiger partial charge on any atom is -0.493 e. The van der Waals surface area contributed by atoms with Gasteiger partial charge in [0.1, 0.15) is 0 Å². The number of methoxy groups -OCH3 is 2. The summed E-state index contributed by atoms with van der Waals surface area (Å²) in [4.78, 5) is 13.3. The van der Waals surface area contributed by atoms with Crippen LogP contribution >= 0.6 is 0 Å². The van der Waals surface area contributed by atoms with Crippen molar-refractivity contribution in [3.05, 3.63) is 78.6 Å². The van der Waals surface area contributed by atoms with E-state index in [4.69, 9.17) is 18.9 Å². The fraction of sp³-hybridized carbons (Fsp3) is 0.120. The number of aromatic nitrogens is 2. The number of hydrogen-bond donors (Lipinski definition) is 1. The number of hydrogen-bond acceptors (Lipinski definition) is 6. The molecule has 8 nitrogen and oxygen atoms in total. The van der Waals surface area contributed by atoms with Gasteiger partial charge in [-0.3, -0.25) is 4.79 Å². The zero-order valence-electron chi connectivity index (χ0n) is 18.1. The highest BCUT2D eigenvalue weighted by Gasteiger charge is 2.21. The fourth-order valence-corrected chi connectivity index (χ4v) is 3.63. The van der Waals surface area contributed by atoms with E-state index in [2.05, 4.69) is 10.4 Å². The minimum absolute atomic E-state index is 0.164. The van der Waals surface area contributed by atoms with Gasteiger partial charge in [0, 0.05) is 23.5 Å². The summed E-state index contributed by atoms with van der Waals surface area (Å²) in [6.45, 7) is 0.164. The van der Waals surface area contributed by atoms with Crippen LogP contribution in [-0.4, -0.2) is 36.7 Å². The van der Waals surface area contributed by atoms with Crippen molar-refractivity contribution in [2.24, 2.45) is 0 Å². The Balaban J connectivity index is 1.55. The number of carbonyl (C=O) groups excluding carboxylic acids is 1. The zero-order valence-corrected chi connectivity index (χ0v) is 18.1. The molecular formula is C25H21N3O5. The van der Waals surface area contributed by atoms with E-state index in [-0.39, 0.29) is 18.4 Å². The molecule has 1 amide bonds. The lowest BCUT2D eigenvalue weighted by Crippen LogP contribution is -2.14. The van der Waals surface area contributed by atoms with Crippen molar-refractivity contribution >= 4 is 11.6 Å². The van der Waals surface area contributed by atoms with Gasteiger partial charge in [-0.05, 0) is 42.0 Å². The van der Waals surface area contributed by atoms with Gasteiger partial charge in [-0.2, -0.15) is 5.10 Å². The second-order valence-electron chi connectivity index (χ2n) is 7.26. The molecule has 8 heteroatoms. The van der Waals surface area contributed by atoms with E-state index in [9.17, 15) is 4.79 Å². The van der Waals surface area contributed by atoms with Gasteiger partial charge in [0.25, 0.3) is 5.91 Å². The highest BCUT2D eigenvalue weighted by molar-refractivity contribution is 6.07. The second kappa shape index (κ2) is 8.58. The molecule has 0 fully saturated rings. The summed E-state index contributed by atoms with van der Waals surface area (Å²) >= 11 is 0. The predicted octanol–water partition coefficient (Wildman–Crippen LogP) is 4.54. The number of nitrogens with one attached hydrogen (secondary N) is 1. The first-order valence-electron chi connectivity index (χ1n) is 10.2. The maximum Gasteiger partial charge on any atom is 0.276 e. The molecule has 0 aliphatic carbocycles. The van der Waals surface area contributed by atoms with Crippen molar-refractivity contribution in [2.45, 2.75) is 0 Å². The number of nitrogens with zero attached hydrogens (tertiary/aromatic N) is 2. The number of fused-ring (bicyclic) bond motifs is 1. The fourth-order valence-electron chi connectivity index (χ4n) is 3.63. The molecule has 0 saturated heterocycles. The third-order valence-electron chi connectivity index (χ3n) is 5.28. The maximum atomic E-state index is 13.3. The number of carbonyl (C=O) groups is 1. The topological polar surface area (TPSA) is 83.8 Å². The molecule has 0 radical (unpaired) electrons. The van der Waals surface area contributed by atoms with Crippen LogP contribution in [0.4, 0.5) is 5.69 Å². The van der Waals surface area contributed by atoms with E-state index in [1.165, 1.54) is 0 Å². The Hall–Kier alpha value is -4.46. The Morgan fingerprint density at radius 2 is 1.73 bits per heavy atom.